The van der Waals surface area contributed by atoms with Gasteiger partial charge in [0.05, 0.1) is 6.20 Å². The van der Waals surface area contributed by atoms with Crippen LogP contribution in [-0.4, -0.2) is 39.6 Å². The highest BCUT2D eigenvalue weighted by molar-refractivity contribution is 5.97. The summed E-state index contributed by atoms with van der Waals surface area (Å²) in [5.41, 5.74) is 3.45. The molecular formula is C18H22N4O2. The van der Waals surface area contributed by atoms with Crippen LogP contribution < -0.4 is 5.32 Å². The van der Waals surface area contributed by atoms with Crippen LogP contribution in [-0.2, 0) is 7.05 Å². The first kappa shape index (κ1) is 16.2. The molecule has 1 fully saturated rings. The molecule has 3 rings (SSSR count). The van der Waals surface area contributed by atoms with Crippen LogP contribution in [0.4, 0.5) is 10.5 Å². The molecule has 2 amide bonds. The van der Waals surface area contributed by atoms with Crippen molar-refractivity contribution in [3.05, 3.63) is 47.3 Å². The quantitative estimate of drug-likeness (QED) is 0.882. The number of nitrogens with zero attached hydrogens (tertiary/aromatic N) is 3. The number of hydrogen-bond acceptors (Lipinski definition) is 3. The van der Waals surface area contributed by atoms with E-state index in [1.54, 1.807) is 23.7 Å². The summed E-state index contributed by atoms with van der Waals surface area (Å²) < 4.78 is 1.79. The zero-order valence-electron chi connectivity index (χ0n) is 14.2. The number of ketones is 1. The summed E-state index contributed by atoms with van der Waals surface area (Å²) in [5, 5.41) is 7.12. The van der Waals surface area contributed by atoms with Crippen molar-refractivity contribution in [3.63, 3.8) is 0 Å². The minimum Gasteiger partial charge on any atom is -0.324 e. The molecule has 6 heteroatoms. The number of anilines is 1. The summed E-state index contributed by atoms with van der Waals surface area (Å²) >= 11 is 0. The molecule has 1 aliphatic heterocycles. The molecule has 126 valence electrons. The molecule has 1 saturated heterocycles. The third kappa shape index (κ3) is 3.32. The lowest BCUT2D eigenvalue weighted by Gasteiger charge is -2.17. The maximum atomic E-state index is 12.5. The second-order valence-electron chi connectivity index (χ2n) is 6.39. The van der Waals surface area contributed by atoms with Crippen molar-refractivity contribution in [3.8, 4) is 0 Å². The van der Waals surface area contributed by atoms with Crippen LogP contribution in [0.5, 0.6) is 0 Å². The molecular weight excluding hydrogens is 304 g/mol. The van der Waals surface area contributed by atoms with E-state index in [0.29, 0.717) is 23.7 Å². The van der Waals surface area contributed by atoms with Crippen molar-refractivity contribution in [1.29, 1.82) is 0 Å². The minimum atomic E-state index is -0.101. The molecule has 1 N–H and O–H groups in total. The fourth-order valence-electron chi connectivity index (χ4n) is 3.21. The number of aryl methyl sites for hydroxylation is 2. The van der Waals surface area contributed by atoms with Gasteiger partial charge in [-0.1, -0.05) is 0 Å². The van der Waals surface area contributed by atoms with Crippen LogP contribution in [0, 0.1) is 6.92 Å². The fourth-order valence-corrected chi connectivity index (χ4v) is 3.21. The summed E-state index contributed by atoms with van der Waals surface area (Å²) in [6, 6.07) is 5.27. The summed E-state index contributed by atoms with van der Waals surface area (Å²) in [4.78, 5) is 25.8. The predicted molar refractivity (Wildman–Crippen MR) is 92.3 cm³/mol. The predicted octanol–water partition coefficient (Wildman–Crippen LogP) is 2.95. The Morgan fingerprint density at radius 2 is 2.12 bits per heavy atom. The topological polar surface area (TPSA) is 67.2 Å². The Morgan fingerprint density at radius 1 is 1.33 bits per heavy atom. The molecule has 6 nitrogen and oxygen atoms in total. The smallest absolute Gasteiger partial charge is 0.321 e. The van der Waals surface area contributed by atoms with E-state index in [-0.39, 0.29) is 11.8 Å². The first-order chi connectivity index (χ1) is 11.4. The van der Waals surface area contributed by atoms with Crippen molar-refractivity contribution in [2.75, 3.05) is 18.4 Å². The minimum absolute atomic E-state index is 0.0317. The van der Waals surface area contributed by atoms with Crippen molar-refractivity contribution < 1.29 is 9.59 Å². The lowest BCUT2D eigenvalue weighted by atomic mass is 10.0. The summed E-state index contributed by atoms with van der Waals surface area (Å²) in [7, 11) is 1.90. The normalized spacial score (nSPS) is 17.1. The Balaban J connectivity index is 1.63. The van der Waals surface area contributed by atoms with Gasteiger partial charge in [0.25, 0.3) is 0 Å². The molecule has 0 radical (unpaired) electrons. The van der Waals surface area contributed by atoms with Gasteiger partial charge in [0.1, 0.15) is 0 Å². The monoisotopic (exact) mass is 326 g/mol. The van der Waals surface area contributed by atoms with Crippen LogP contribution >= 0.6 is 0 Å². The van der Waals surface area contributed by atoms with Gasteiger partial charge in [0.2, 0.25) is 0 Å². The van der Waals surface area contributed by atoms with E-state index in [4.69, 9.17) is 0 Å². The van der Waals surface area contributed by atoms with Crippen molar-refractivity contribution >= 4 is 17.5 Å². The van der Waals surface area contributed by atoms with Crippen molar-refractivity contribution in [2.24, 2.45) is 7.05 Å². The molecule has 24 heavy (non-hydrogen) atoms. The van der Waals surface area contributed by atoms with E-state index >= 15 is 0 Å². The van der Waals surface area contributed by atoms with Crippen LogP contribution in [0.15, 0.2) is 30.6 Å². The highest BCUT2D eigenvalue weighted by Crippen LogP contribution is 2.27. The fraction of sp³-hybridized carbons (Fsp3) is 0.389. The lowest BCUT2D eigenvalue weighted by molar-refractivity contribution is 0.101. The summed E-state index contributed by atoms with van der Waals surface area (Å²) in [6.45, 7) is 4.85. The first-order valence-corrected chi connectivity index (χ1v) is 8.10. The highest BCUT2D eigenvalue weighted by Gasteiger charge is 2.28. The van der Waals surface area contributed by atoms with E-state index in [1.807, 2.05) is 37.3 Å². The zero-order chi connectivity index (χ0) is 17.3. The average molecular weight is 326 g/mol. The second-order valence-corrected chi connectivity index (χ2v) is 6.39. The number of carbonyl (C=O) groups excluding carboxylic acids is 2. The van der Waals surface area contributed by atoms with Crippen molar-refractivity contribution in [2.45, 2.75) is 26.2 Å². The van der Waals surface area contributed by atoms with Gasteiger partial charge in [-0.3, -0.25) is 9.48 Å². The number of benzene rings is 1. The largest absolute Gasteiger partial charge is 0.324 e. The van der Waals surface area contributed by atoms with E-state index in [0.717, 1.165) is 18.5 Å². The molecule has 1 aromatic carbocycles. The molecule has 2 aromatic rings. The Kier molecular flexibility index (Phi) is 4.38. The number of aromatic nitrogens is 2. The SMILES string of the molecule is CC(=O)c1ccc(NC(=O)N2CC[C@@H](c3cnn(C)c3)C2)cc1C. The number of amides is 2. The van der Waals surface area contributed by atoms with Gasteiger partial charge in [0.15, 0.2) is 5.78 Å². The van der Waals surface area contributed by atoms with Crippen LogP contribution in [0.3, 0.4) is 0 Å². The molecule has 0 unspecified atom stereocenters. The number of Topliss-reactive ketones (excluding diaryl/α,β-unsaturated/α-hetero) is 1. The summed E-state index contributed by atoms with van der Waals surface area (Å²) in [6.07, 6.45) is 4.83. The Labute approximate surface area is 141 Å². The molecule has 1 aromatic heterocycles. The number of rotatable bonds is 3. The standard InChI is InChI=1S/C18H22N4O2/c1-12-8-16(4-5-17(12)13(2)23)20-18(24)22-7-6-14(11-22)15-9-19-21(3)10-15/h4-5,8-10,14H,6-7,11H2,1-3H3,(H,20,24)/t14-/m1/s1. The molecule has 0 saturated carbocycles. The van der Waals surface area contributed by atoms with Crippen molar-refractivity contribution in [1.82, 2.24) is 14.7 Å². The van der Waals surface area contributed by atoms with E-state index in [9.17, 15) is 9.59 Å². The van der Waals surface area contributed by atoms with E-state index in [1.165, 1.54) is 5.56 Å². The van der Waals surface area contributed by atoms with Crippen LogP contribution in [0.25, 0.3) is 0 Å². The maximum absolute atomic E-state index is 12.5. The number of urea groups is 1. The van der Waals surface area contributed by atoms with Crippen LogP contribution in [0.1, 0.15) is 40.7 Å². The maximum Gasteiger partial charge on any atom is 0.321 e. The van der Waals surface area contributed by atoms with E-state index in [2.05, 4.69) is 10.4 Å². The number of carbonyl (C=O) groups is 2. The van der Waals surface area contributed by atoms with E-state index < -0.39 is 0 Å². The van der Waals surface area contributed by atoms with Gasteiger partial charge in [0, 0.05) is 43.5 Å². The van der Waals surface area contributed by atoms with Gasteiger partial charge in [-0.15, -0.1) is 0 Å². The molecule has 2 heterocycles. The Hall–Kier alpha value is -2.63. The number of likely N-dealkylation sites (tertiary alicyclic amines) is 1. The number of nitrogens with one attached hydrogen (secondary N) is 1. The van der Waals surface area contributed by atoms with Gasteiger partial charge in [-0.05, 0) is 49.6 Å². The Morgan fingerprint density at radius 3 is 2.75 bits per heavy atom. The third-order valence-electron chi connectivity index (χ3n) is 4.53. The highest BCUT2D eigenvalue weighted by atomic mass is 16.2. The average Bonchev–Trinajstić information content (AvgIpc) is 3.15. The first-order valence-electron chi connectivity index (χ1n) is 8.10. The van der Waals surface area contributed by atoms with Gasteiger partial charge in [-0.25, -0.2) is 4.79 Å². The number of hydrogen-bond donors (Lipinski definition) is 1. The summed E-state index contributed by atoms with van der Waals surface area (Å²) in [5.74, 6) is 0.371. The van der Waals surface area contributed by atoms with Gasteiger partial charge in [-0.2, -0.15) is 5.10 Å². The lowest BCUT2D eigenvalue weighted by Crippen LogP contribution is -2.32. The van der Waals surface area contributed by atoms with Gasteiger partial charge >= 0.3 is 6.03 Å². The second kappa shape index (κ2) is 6.47. The van der Waals surface area contributed by atoms with Crippen LogP contribution in [0.2, 0.25) is 0 Å². The zero-order valence-corrected chi connectivity index (χ0v) is 14.2. The molecule has 0 bridgehead atoms. The molecule has 1 atom stereocenters. The molecule has 0 spiro atoms. The molecule has 0 aliphatic carbocycles. The Bertz CT molecular complexity index is 781. The molecule has 1 aliphatic rings. The third-order valence-corrected chi connectivity index (χ3v) is 4.53. The van der Waals surface area contributed by atoms with Gasteiger partial charge < -0.3 is 10.2 Å².